The van der Waals surface area contributed by atoms with Crippen molar-refractivity contribution in [2.45, 2.75) is 46.0 Å². The van der Waals surface area contributed by atoms with Crippen molar-refractivity contribution in [2.24, 2.45) is 5.41 Å². The number of nitrogens with zero attached hydrogens (tertiary/aromatic N) is 2. The average molecular weight is 234 g/mol. The predicted molar refractivity (Wildman–Crippen MR) is 70.9 cm³/mol. The van der Waals surface area contributed by atoms with Gasteiger partial charge in [0, 0.05) is 18.3 Å². The maximum Gasteiger partial charge on any atom is 0.222 e. The lowest BCUT2D eigenvalue weighted by molar-refractivity contribution is 0.233. The number of aromatic nitrogens is 2. The summed E-state index contributed by atoms with van der Waals surface area (Å²) in [6.45, 7) is 5.27. The Balaban J connectivity index is 1.96. The molecule has 0 atom stereocenters. The normalized spacial score (nSPS) is 18.9. The van der Waals surface area contributed by atoms with Crippen LogP contribution in [0.25, 0.3) is 0 Å². The highest BCUT2D eigenvalue weighted by Gasteiger charge is 2.26. The molecule has 0 amide bonds. The summed E-state index contributed by atoms with van der Waals surface area (Å²) in [4.78, 5) is 8.28. The van der Waals surface area contributed by atoms with Crippen LogP contribution in [0.15, 0.2) is 6.07 Å². The van der Waals surface area contributed by atoms with E-state index in [1.807, 2.05) is 13.0 Å². The van der Waals surface area contributed by atoms with Crippen molar-refractivity contribution >= 4 is 11.8 Å². The molecule has 1 fully saturated rings. The molecule has 0 radical (unpaired) electrons. The fraction of sp³-hybridized carbons (Fsp3) is 0.692. The molecule has 1 heterocycles. The standard InChI is InChI=1S/C13H22N4/c1-10-8-11(17-12(14)16-10)15-9-13(2)6-4-3-5-7-13/h8H,3-7,9H2,1-2H3,(H3,14,15,16,17). The SMILES string of the molecule is Cc1cc(NCC2(C)CCCCC2)nc(N)n1. The highest BCUT2D eigenvalue weighted by Crippen LogP contribution is 2.35. The van der Waals surface area contributed by atoms with Crippen molar-refractivity contribution in [1.82, 2.24) is 9.97 Å². The number of anilines is 2. The number of nitrogens with two attached hydrogens (primary N) is 1. The average Bonchev–Trinajstić information content (AvgIpc) is 2.26. The van der Waals surface area contributed by atoms with Gasteiger partial charge in [0.15, 0.2) is 0 Å². The van der Waals surface area contributed by atoms with E-state index in [0.29, 0.717) is 11.4 Å². The summed E-state index contributed by atoms with van der Waals surface area (Å²) in [7, 11) is 0. The minimum atomic E-state index is 0.348. The number of aryl methyl sites for hydroxylation is 1. The molecule has 0 spiro atoms. The molecule has 0 saturated heterocycles. The van der Waals surface area contributed by atoms with Crippen LogP contribution in [-0.2, 0) is 0 Å². The zero-order chi connectivity index (χ0) is 12.3. The molecule has 1 aliphatic carbocycles. The Kier molecular flexibility index (Phi) is 3.50. The highest BCUT2D eigenvalue weighted by atomic mass is 15.1. The van der Waals surface area contributed by atoms with Gasteiger partial charge in [0.2, 0.25) is 5.95 Å². The van der Waals surface area contributed by atoms with Crippen LogP contribution in [0.2, 0.25) is 0 Å². The smallest absolute Gasteiger partial charge is 0.222 e. The second kappa shape index (κ2) is 4.90. The number of rotatable bonds is 3. The number of hydrogen-bond acceptors (Lipinski definition) is 4. The highest BCUT2D eigenvalue weighted by molar-refractivity contribution is 5.40. The van der Waals surface area contributed by atoms with Crippen molar-refractivity contribution < 1.29 is 0 Å². The molecule has 4 heteroatoms. The van der Waals surface area contributed by atoms with Crippen molar-refractivity contribution in [1.29, 1.82) is 0 Å². The minimum Gasteiger partial charge on any atom is -0.369 e. The number of nitrogen functional groups attached to an aromatic ring is 1. The Morgan fingerprint density at radius 2 is 2.00 bits per heavy atom. The van der Waals surface area contributed by atoms with E-state index < -0.39 is 0 Å². The summed E-state index contributed by atoms with van der Waals surface area (Å²) in [5, 5.41) is 3.41. The van der Waals surface area contributed by atoms with Crippen LogP contribution in [0, 0.1) is 12.3 Å². The molecule has 2 rings (SSSR count). The molecule has 17 heavy (non-hydrogen) atoms. The van der Waals surface area contributed by atoms with Gasteiger partial charge in [0.05, 0.1) is 0 Å². The van der Waals surface area contributed by atoms with Crippen molar-refractivity contribution in [3.8, 4) is 0 Å². The monoisotopic (exact) mass is 234 g/mol. The van der Waals surface area contributed by atoms with E-state index in [0.717, 1.165) is 18.1 Å². The van der Waals surface area contributed by atoms with Gasteiger partial charge < -0.3 is 11.1 Å². The summed E-state index contributed by atoms with van der Waals surface area (Å²) in [6.07, 6.45) is 6.69. The van der Waals surface area contributed by atoms with Crippen LogP contribution in [0.3, 0.4) is 0 Å². The third kappa shape index (κ3) is 3.32. The van der Waals surface area contributed by atoms with Crippen LogP contribution in [-0.4, -0.2) is 16.5 Å². The first-order chi connectivity index (χ1) is 8.07. The van der Waals surface area contributed by atoms with Gasteiger partial charge in [-0.15, -0.1) is 0 Å². The Morgan fingerprint density at radius 3 is 2.65 bits per heavy atom. The second-order valence-electron chi connectivity index (χ2n) is 5.48. The molecule has 0 bridgehead atoms. The van der Waals surface area contributed by atoms with Gasteiger partial charge in [-0.1, -0.05) is 26.2 Å². The maximum atomic E-state index is 5.64. The molecule has 1 aliphatic rings. The quantitative estimate of drug-likeness (QED) is 0.844. The Labute approximate surface area is 103 Å². The number of nitrogens with one attached hydrogen (secondary N) is 1. The summed E-state index contributed by atoms with van der Waals surface area (Å²) in [6, 6.07) is 1.95. The summed E-state index contributed by atoms with van der Waals surface area (Å²) in [5.74, 6) is 1.20. The van der Waals surface area contributed by atoms with Gasteiger partial charge in [-0.3, -0.25) is 0 Å². The van der Waals surface area contributed by atoms with Crippen molar-refractivity contribution in [3.63, 3.8) is 0 Å². The number of hydrogen-bond donors (Lipinski definition) is 2. The molecule has 4 nitrogen and oxygen atoms in total. The fourth-order valence-electron chi connectivity index (χ4n) is 2.57. The lowest BCUT2D eigenvalue weighted by Crippen LogP contribution is -2.29. The Hall–Kier alpha value is -1.32. The molecule has 0 unspecified atom stereocenters. The van der Waals surface area contributed by atoms with Gasteiger partial charge >= 0.3 is 0 Å². The van der Waals surface area contributed by atoms with Crippen LogP contribution in [0.1, 0.15) is 44.7 Å². The minimum absolute atomic E-state index is 0.348. The first-order valence-corrected chi connectivity index (χ1v) is 6.42. The lowest BCUT2D eigenvalue weighted by atomic mass is 9.76. The summed E-state index contributed by atoms with van der Waals surface area (Å²) < 4.78 is 0. The first-order valence-electron chi connectivity index (χ1n) is 6.42. The predicted octanol–water partition coefficient (Wildman–Crippen LogP) is 2.75. The topological polar surface area (TPSA) is 63.8 Å². The zero-order valence-corrected chi connectivity index (χ0v) is 10.8. The van der Waals surface area contributed by atoms with Crippen LogP contribution in [0.5, 0.6) is 0 Å². The third-order valence-electron chi connectivity index (χ3n) is 3.63. The molecule has 1 saturated carbocycles. The largest absolute Gasteiger partial charge is 0.369 e. The first kappa shape index (κ1) is 12.1. The van der Waals surface area contributed by atoms with E-state index in [1.165, 1.54) is 32.1 Å². The van der Waals surface area contributed by atoms with Crippen LogP contribution < -0.4 is 11.1 Å². The van der Waals surface area contributed by atoms with E-state index >= 15 is 0 Å². The van der Waals surface area contributed by atoms with E-state index in [1.54, 1.807) is 0 Å². The molecule has 0 aliphatic heterocycles. The van der Waals surface area contributed by atoms with Crippen molar-refractivity contribution in [3.05, 3.63) is 11.8 Å². The zero-order valence-electron chi connectivity index (χ0n) is 10.8. The second-order valence-corrected chi connectivity index (χ2v) is 5.48. The lowest BCUT2D eigenvalue weighted by Gasteiger charge is -2.33. The Bertz CT molecular complexity index is 363. The molecular formula is C13H22N4. The fourth-order valence-corrected chi connectivity index (χ4v) is 2.57. The summed E-state index contributed by atoms with van der Waals surface area (Å²) >= 11 is 0. The van der Waals surface area contributed by atoms with E-state index in [2.05, 4.69) is 22.2 Å². The van der Waals surface area contributed by atoms with Gasteiger partial charge in [0.25, 0.3) is 0 Å². The molecule has 94 valence electrons. The van der Waals surface area contributed by atoms with Crippen LogP contribution >= 0.6 is 0 Å². The summed E-state index contributed by atoms with van der Waals surface area (Å²) in [5.41, 5.74) is 6.96. The van der Waals surface area contributed by atoms with E-state index in [4.69, 9.17) is 5.73 Å². The van der Waals surface area contributed by atoms with E-state index in [-0.39, 0.29) is 0 Å². The third-order valence-corrected chi connectivity index (χ3v) is 3.63. The van der Waals surface area contributed by atoms with Gasteiger partial charge in [-0.25, -0.2) is 4.98 Å². The van der Waals surface area contributed by atoms with Gasteiger partial charge in [-0.05, 0) is 25.2 Å². The molecular weight excluding hydrogens is 212 g/mol. The van der Waals surface area contributed by atoms with Crippen LogP contribution in [0.4, 0.5) is 11.8 Å². The molecule has 3 N–H and O–H groups in total. The van der Waals surface area contributed by atoms with E-state index in [9.17, 15) is 0 Å². The van der Waals surface area contributed by atoms with Gasteiger partial charge in [-0.2, -0.15) is 4.98 Å². The molecule has 1 aromatic heterocycles. The molecule has 1 aromatic rings. The maximum absolute atomic E-state index is 5.64. The molecule has 0 aromatic carbocycles. The van der Waals surface area contributed by atoms with Crippen molar-refractivity contribution in [2.75, 3.05) is 17.6 Å². The van der Waals surface area contributed by atoms with Gasteiger partial charge in [0.1, 0.15) is 5.82 Å². The Morgan fingerprint density at radius 1 is 1.29 bits per heavy atom.